The predicted molar refractivity (Wildman–Crippen MR) is 96.1 cm³/mol. The summed E-state index contributed by atoms with van der Waals surface area (Å²) in [4.78, 5) is 23.9. The zero-order valence-corrected chi connectivity index (χ0v) is 15.8. The molecule has 6 nitrogen and oxygen atoms in total. The molecule has 1 aromatic rings. The maximum absolute atomic E-state index is 12.3. The number of hydrogen-bond acceptors (Lipinski definition) is 5. The van der Waals surface area contributed by atoms with E-state index in [-0.39, 0.29) is 36.7 Å². The summed E-state index contributed by atoms with van der Waals surface area (Å²) in [5.41, 5.74) is 0.861. The summed E-state index contributed by atoms with van der Waals surface area (Å²) in [5, 5.41) is 6.15. The molecule has 2 rings (SSSR count). The van der Waals surface area contributed by atoms with Crippen molar-refractivity contribution in [2.75, 3.05) is 26.9 Å². The third kappa shape index (κ3) is 6.76. The van der Waals surface area contributed by atoms with Crippen molar-refractivity contribution in [1.82, 2.24) is 10.6 Å². The van der Waals surface area contributed by atoms with Crippen LogP contribution in [0.3, 0.4) is 0 Å². The van der Waals surface area contributed by atoms with E-state index in [1.165, 1.54) is 7.11 Å². The number of hydrogen-bond donors (Lipinski definition) is 2. The van der Waals surface area contributed by atoms with Gasteiger partial charge in [0.2, 0.25) is 5.91 Å². The Balaban J connectivity index is 0.00000288. The maximum Gasteiger partial charge on any atom is 0.307 e. The van der Waals surface area contributed by atoms with Gasteiger partial charge in [0.1, 0.15) is 0 Å². The number of halogens is 2. The van der Waals surface area contributed by atoms with Gasteiger partial charge in [0.05, 0.1) is 32.8 Å². The van der Waals surface area contributed by atoms with Crippen LogP contribution in [0.25, 0.3) is 0 Å². The Bertz CT molecular complexity index is 535. The standard InChI is InChI=1S/C16H21BrN2O4.ClH/c1-22-16(21)9-14(11-2-4-12(17)5-3-11)19-15(20)8-13-10-23-7-6-18-13;/h2-5,13-14,18H,6-10H2,1H3,(H,19,20);1H. The number of esters is 1. The third-order valence-corrected chi connectivity index (χ3v) is 4.16. The highest BCUT2D eigenvalue weighted by Crippen LogP contribution is 2.20. The zero-order chi connectivity index (χ0) is 16.7. The van der Waals surface area contributed by atoms with Crippen LogP contribution in [0.2, 0.25) is 0 Å². The Morgan fingerprint density at radius 2 is 2.12 bits per heavy atom. The molecule has 1 saturated heterocycles. The van der Waals surface area contributed by atoms with E-state index in [2.05, 4.69) is 26.6 Å². The monoisotopic (exact) mass is 420 g/mol. The summed E-state index contributed by atoms with van der Waals surface area (Å²) < 4.78 is 11.0. The summed E-state index contributed by atoms with van der Waals surface area (Å²) >= 11 is 3.37. The second kappa shape index (κ2) is 10.7. The van der Waals surface area contributed by atoms with E-state index in [1.807, 2.05) is 24.3 Å². The summed E-state index contributed by atoms with van der Waals surface area (Å²) in [6.45, 7) is 1.94. The minimum Gasteiger partial charge on any atom is -0.469 e. The summed E-state index contributed by atoms with van der Waals surface area (Å²) in [5.74, 6) is -0.484. The number of carbonyl (C=O) groups excluding carboxylic acids is 2. The van der Waals surface area contributed by atoms with Crippen LogP contribution >= 0.6 is 28.3 Å². The molecular weight excluding hydrogens is 400 g/mol. The van der Waals surface area contributed by atoms with Crippen LogP contribution in [0.4, 0.5) is 0 Å². The number of amides is 1. The number of morpholine rings is 1. The Labute approximate surface area is 156 Å². The van der Waals surface area contributed by atoms with Gasteiger partial charge in [0.15, 0.2) is 0 Å². The van der Waals surface area contributed by atoms with Crippen LogP contribution in [0, 0.1) is 0 Å². The molecule has 0 radical (unpaired) electrons. The molecule has 0 bridgehead atoms. The number of carbonyl (C=O) groups is 2. The number of nitrogens with one attached hydrogen (secondary N) is 2. The van der Waals surface area contributed by atoms with Gasteiger partial charge in [-0.05, 0) is 17.7 Å². The van der Waals surface area contributed by atoms with Crippen molar-refractivity contribution in [2.45, 2.75) is 24.9 Å². The lowest BCUT2D eigenvalue weighted by Crippen LogP contribution is -2.44. The van der Waals surface area contributed by atoms with Crippen molar-refractivity contribution in [1.29, 1.82) is 0 Å². The molecule has 2 atom stereocenters. The first kappa shape index (κ1) is 20.9. The van der Waals surface area contributed by atoms with Gasteiger partial charge in [-0.3, -0.25) is 9.59 Å². The molecular formula is C16H22BrClN2O4. The van der Waals surface area contributed by atoms with E-state index < -0.39 is 6.04 Å². The van der Waals surface area contributed by atoms with E-state index >= 15 is 0 Å². The number of ether oxygens (including phenoxy) is 2. The molecule has 0 spiro atoms. The highest BCUT2D eigenvalue weighted by molar-refractivity contribution is 9.10. The van der Waals surface area contributed by atoms with Crippen molar-refractivity contribution < 1.29 is 19.1 Å². The predicted octanol–water partition coefficient (Wildman–Crippen LogP) is 1.97. The van der Waals surface area contributed by atoms with Crippen LogP contribution in [0.15, 0.2) is 28.7 Å². The average Bonchev–Trinajstić information content (AvgIpc) is 2.55. The maximum atomic E-state index is 12.3. The number of rotatable bonds is 6. The van der Waals surface area contributed by atoms with E-state index in [4.69, 9.17) is 9.47 Å². The molecule has 1 amide bonds. The first-order chi connectivity index (χ1) is 11.1. The second-order valence-electron chi connectivity index (χ2n) is 5.38. The molecule has 1 aromatic carbocycles. The molecule has 2 unspecified atom stereocenters. The lowest BCUT2D eigenvalue weighted by atomic mass is 10.0. The van der Waals surface area contributed by atoms with Crippen LogP contribution in [-0.4, -0.2) is 44.8 Å². The van der Waals surface area contributed by atoms with E-state index in [0.29, 0.717) is 19.6 Å². The van der Waals surface area contributed by atoms with Crippen LogP contribution in [0.1, 0.15) is 24.4 Å². The number of methoxy groups -OCH3 is 1. The topological polar surface area (TPSA) is 76.7 Å². The van der Waals surface area contributed by atoms with Crippen LogP contribution in [-0.2, 0) is 19.1 Å². The van der Waals surface area contributed by atoms with Gasteiger partial charge in [-0.15, -0.1) is 12.4 Å². The van der Waals surface area contributed by atoms with Gasteiger partial charge in [-0.25, -0.2) is 0 Å². The Morgan fingerprint density at radius 3 is 2.71 bits per heavy atom. The molecule has 1 heterocycles. The highest BCUT2D eigenvalue weighted by Gasteiger charge is 2.22. The fourth-order valence-electron chi connectivity index (χ4n) is 2.43. The molecule has 134 valence electrons. The third-order valence-electron chi connectivity index (χ3n) is 3.64. The van der Waals surface area contributed by atoms with Gasteiger partial charge in [0, 0.05) is 23.5 Å². The lowest BCUT2D eigenvalue weighted by molar-refractivity contribution is -0.141. The highest BCUT2D eigenvalue weighted by atomic mass is 79.9. The normalized spacial score (nSPS) is 18.2. The molecule has 1 aliphatic rings. The quantitative estimate of drug-likeness (QED) is 0.687. The van der Waals surface area contributed by atoms with Crippen molar-refractivity contribution >= 4 is 40.2 Å². The molecule has 1 fully saturated rings. The smallest absolute Gasteiger partial charge is 0.307 e. The van der Waals surface area contributed by atoms with E-state index in [9.17, 15) is 9.59 Å². The second-order valence-corrected chi connectivity index (χ2v) is 6.30. The molecule has 2 N–H and O–H groups in total. The van der Waals surface area contributed by atoms with Crippen LogP contribution in [0.5, 0.6) is 0 Å². The molecule has 1 aliphatic heterocycles. The fourth-order valence-corrected chi connectivity index (χ4v) is 2.69. The van der Waals surface area contributed by atoms with E-state index in [1.54, 1.807) is 0 Å². The van der Waals surface area contributed by atoms with Gasteiger partial charge in [-0.1, -0.05) is 28.1 Å². The Hall–Kier alpha value is -1.15. The van der Waals surface area contributed by atoms with Crippen molar-refractivity contribution in [3.05, 3.63) is 34.3 Å². The fraction of sp³-hybridized carbons (Fsp3) is 0.500. The minimum atomic E-state index is -0.410. The van der Waals surface area contributed by atoms with Crippen LogP contribution < -0.4 is 10.6 Å². The largest absolute Gasteiger partial charge is 0.469 e. The van der Waals surface area contributed by atoms with E-state index in [0.717, 1.165) is 16.6 Å². The number of benzene rings is 1. The lowest BCUT2D eigenvalue weighted by Gasteiger charge is -2.25. The summed E-state index contributed by atoms with van der Waals surface area (Å²) in [6.07, 6.45) is 0.409. The first-order valence-corrected chi connectivity index (χ1v) is 8.30. The molecule has 24 heavy (non-hydrogen) atoms. The SMILES string of the molecule is COC(=O)CC(NC(=O)CC1COCCN1)c1ccc(Br)cc1.Cl. The van der Waals surface area contributed by atoms with Gasteiger partial charge < -0.3 is 20.1 Å². The zero-order valence-electron chi connectivity index (χ0n) is 13.4. The molecule has 8 heteroatoms. The van der Waals surface area contributed by atoms with Gasteiger partial charge >= 0.3 is 5.97 Å². The average molecular weight is 422 g/mol. The van der Waals surface area contributed by atoms with Crippen molar-refractivity contribution in [3.63, 3.8) is 0 Å². The Morgan fingerprint density at radius 1 is 1.42 bits per heavy atom. The van der Waals surface area contributed by atoms with Gasteiger partial charge in [0.25, 0.3) is 0 Å². The summed E-state index contributed by atoms with van der Waals surface area (Å²) in [7, 11) is 1.34. The molecule has 0 aromatic heterocycles. The van der Waals surface area contributed by atoms with Gasteiger partial charge in [-0.2, -0.15) is 0 Å². The molecule has 0 saturated carbocycles. The Kier molecular flexibility index (Phi) is 9.28. The van der Waals surface area contributed by atoms with Crippen molar-refractivity contribution in [2.24, 2.45) is 0 Å². The molecule has 0 aliphatic carbocycles. The van der Waals surface area contributed by atoms with Crippen molar-refractivity contribution in [3.8, 4) is 0 Å². The summed E-state index contributed by atoms with van der Waals surface area (Å²) in [6, 6.07) is 7.10. The first-order valence-electron chi connectivity index (χ1n) is 7.51. The minimum absolute atomic E-state index is 0.